The lowest BCUT2D eigenvalue weighted by molar-refractivity contribution is -0.122. The summed E-state index contributed by atoms with van der Waals surface area (Å²) in [6.07, 6.45) is 0.160. The van der Waals surface area contributed by atoms with Crippen molar-refractivity contribution in [3.05, 3.63) is 39.7 Å². The fourth-order valence-electron chi connectivity index (χ4n) is 2.12. The molecule has 106 valence electrons. The number of hydrogen-bond donors (Lipinski definition) is 0. The van der Waals surface area contributed by atoms with Gasteiger partial charge in [0.15, 0.2) is 11.9 Å². The van der Waals surface area contributed by atoms with Gasteiger partial charge in [0.2, 0.25) is 0 Å². The first kappa shape index (κ1) is 14.3. The zero-order valence-corrected chi connectivity index (χ0v) is 12.1. The minimum atomic E-state index is -0.531. The molecule has 0 aliphatic rings. The largest absolute Gasteiger partial charge is 0.482 e. The topological polar surface area (TPSA) is 56.5 Å². The summed E-state index contributed by atoms with van der Waals surface area (Å²) in [5.41, 5.74) is 1.91. The first-order chi connectivity index (χ1) is 9.42. The van der Waals surface area contributed by atoms with Crippen molar-refractivity contribution in [3.63, 3.8) is 0 Å². The van der Waals surface area contributed by atoms with Crippen LogP contribution in [0.2, 0.25) is 0 Å². The third-order valence-electron chi connectivity index (χ3n) is 3.29. The van der Waals surface area contributed by atoms with Gasteiger partial charge in [0.1, 0.15) is 11.3 Å². The van der Waals surface area contributed by atoms with Crippen molar-refractivity contribution >= 4 is 16.8 Å². The first-order valence-electron chi connectivity index (χ1n) is 6.67. The first-order valence-corrected chi connectivity index (χ1v) is 6.67. The van der Waals surface area contributed by atoms with Gasteiger partial charge >= 0.3 is 5.63 Å². The van der Waals surface area contributed by atoms with E-state index in [0.29, 0.717) is 17.8 Å². The third kappa shape index (κ3) is 2.74. The highest BCUT2D eigenvalue weighted by molar-refractivity contribution is 5.88. The molecular formula is C16H18O4. The van der Waals surface area contributed by atoms with Crippen LogP contribution in [0, 0.1) is 6.92 Å². The van der Waals surface area contributed by atoms with Crippen LogP contribution < -0.4 is 10.4 Å². The van der Waals surface area contributed by atoms with E-state index in [9.17, 15) is 9.59 Å². The van der Waals surface area contributed by atoms with Crippen LogP contribution in [0.25, 0.3) is 11.0 Å². The number of ether oxygens (including phenoxy) is 1. The fraction of sp³-hybridized carbons (Fsp3) is 0.375. The molecule has 2 aromatic rings. The fourth-order valence-corrected chi connectivity index (χ4v) is 2.12. The second-order valence-electron chi connectivity index (χ2n) is 4.95. The van der Waals surface area contributed by atoms with Gasteiger partial charge in [0, 0.05) is 6.07 Å². The van der Waals surface area contributed by atoms with Crippen LogP contribution in [-0.2, 0) is 11.2 Å². The van der Waals surface area contributed by atoms with Crippen molar-refractivity contribution in [2.24, 2.45) is 0 Å². The summed E-state index contributed by atoms with van der Waals surface area (Å²) in [5, 5.41) is 0.769. The molecule has 1 heterocycles. The number of hydrogen-bond acceptors (Lipinski definition) is 4. The number of carbonyl (C=O) groups is 1. The van der Waals surface area contributed by atoms with Crippen LogP contribution in [0.5, 0.6) is 5.75 Å². The Balaban J connectivity index is 2.69. The van der Waals surface area contributed by atoms with Crippen LogP contribution in [0.1, 0.15) is 31.9 Å². The number of aryl methyl sites for hydroxylation is 2. The molecule has 1 atom stereocenters. The van der Waals surface area contributed by atoms with Gasteiger partial charge in [0.25, 0.3) is 0 Å². The van der Waals surface area contributed by atoms with Crippen molar-refractivity contribution in [1.29, 1.82) is 0 Å². The standard InChI is InChI=1S/C16H18O4/c1-5-12-8-15(18)20-14-7-9(2)6-13(16(12)14)19-11(4)10(3)17/h6-8,11H,5H2,1-4H3/t11-/m1/s1. The van der Waals surface area contributed by atoms with Gasteiger partial charge in [0.05, 0.1) is 5.39 Å². The number of ketones is 1. The van der Waals surface area contributed by atoms with Crippen molar-refractivity contribution in [3.8, 4) is 5.75 Å². The zero-order valence-electron chi connectivity index (χ0n) is 12.1. The van der Waals surface area contributed by atoms with Crippen molar-refractivity contribution in [1.82, 2.24) is 0 Å². The monoisotopic (exact) mass is 274 g/mol. The predicted molar refractivity (Wildman–Crippen MR) is 77.4 cm³/mol. The molecule has 0 aliphatic carbocycles. The Hall–Kier alpha value is -2.10. The summed E-state index contributed by atoms with van der Waals surface area (Å²) in [5.74, 6) is 0.540. The summed E-state index contributed by atoms with van der Waals surface area (Å²) >= 11 is 0. The summed E-state index contributed by atoms with van der Waals surface area (Å²) in [6, 6.07) is 5.14. The molecule has 0 saturated heterocycles. The summed E-state index contributed by atoms with van der Waals surface area (Å²) in [4.78, 5) is 22.9. The van der Waals surface area contributed by atoms with E-state index < -0.39 is 6.10 Å². The molecule has 1 aromatic heterocycles. The van der Waals surface area contributed by atoms with Gasteiger partial charge < -0.3 is 9.15 Å². The molecule has 20 heavy (non-hydrogen) atoms. The molecule has 0 spiro atoms. The quantitative estimate of drug-likeness (QED) is 0.804. The van der Waals surface area contributed by atoms with Crippen LogP contribution in [0.15, 0.2) is 27.4 Å². The molecule has 0 aliphatic heterocycles. The lowest BCUT2D eigenvalue weighted by Crippen LogP contribution is -2.21. The summed E-state index contributed by atoms with van der Waals surface area (Å²) in [6.45, 7) is 7.06. The molecule has 0 fully saturated rings. The van der Waals surface area contributed by atoms with E-state index in [2.05, 4.69) is 0 Å². The second-order valence-corrected chi connectivity index (χ2v) is 4.95. The lowest BCUT2D eigenvalue weighted by atomic mass is 10.0. The van der Waals surface area contributed by atoms with E-state index >= 15 is 0 Å². The smallest absolute Gasteiger partial charge is 0.336 e. The second kappa shape index (κ2) is 5.49. The van der Waals surface area contributed by atoms with E-state index in [1.165, 1.54) is 13.0 Å². The Morgan fingerprint density at radius 2 is 2.05 bits per heavy atom. The summed E-state index contributed by atoms with van der Waals surface area (Å²) in [7, 11) is 0. The van der Waals surface area contributed by atoms with E-state index in [0.717, 1.165) is 16.5 Å². The van der Waals surface area contributed by atoms with Gasteiger partial charge in [-0.2, -0.15) is 0 Å². The maximum Gasteiger partial charge on any atom is 0.336 e. The molecule has 0 N–H and O–H groups in total. The highest BCUT2D eigenvalue weighted by Gasteiger charge is 2.15. The highest BCUT2D eigenvalue weighted by atomic mass is 16.5. The minimum absolute atomic E-state index is 0.0462. The molecule has 4 nitrogen and oxygen atoms in total. The molecule has 0 saturated carbocycles. The van der Waals surface area contributed by atoms with Crippen molar-refractivity contribution in [2.45, 2.75) is 40.2 Å². The predicted octanol–water partition coefficient (Wildman–Crippen LogP) is 3.02. The molecule has 0 amide bonds. The molecule has 2 rings (SSSR count). The van der Waals surface area contributed by atoms with Crippen LogP contribution in [0.4, 0.5) is 0 Å². The van der Waals surface area contributed by atoms with Crippen molar-refractivity contribution in [2.75, 3.05) is 0 Å². The molecule has 4 heteroatoms. The molecule has 0 unspecified atom stereocenters. The summed E-state index contributed by atoms with van der Waals surface area (Å²) < 4.78 is 11.0. The Morgan fingerprint density at radius 1 is 1.35 bits per heavy atom. The van der Waals surface area contributed by atoms with Crippen molar-refractivity contribution < 1.29 is 13.9 Å². The Morgan fingerprint density at radius 3 is 2.65 bits per heavy atom. The van der Waals surface area contributed by atoms with Crippen LogP contribution in [0.3, 0.4) is 0 Å². The number of fused-ring (bicyclic) bond motifs is 1. The molecule has 0 bridgehead atoms. The van der Waals surface area contributed by atoms with Gasteiger partial charge in [-0.3, -0.25) is 4.79 Å². The molecule has 1 aromatic carbocycles. The van der Waals surface area contributed by atoms with E-state index in [1.54, 1.807) is 13.0 Å². The number of carbonyl (C=O) groups excluding carboxylic acids is 1. The maximum atomic E-state index is 11.6. The van der Waals surface area contributed by atoms with Gasteiger partial charge in [-0.25, -0.2) is 4.79 Å². The normalized spacial score (nSPS) is 12.4. The Kier molecular flexibility index (Phi) is 3.93. The molecular weight excluding hydrogens is 256 g/mol. The number of rotatable bonds is 4. The van der Waals surface area contributed by atoms with Gasteiger partial charge in [-0.1, -0.05) is 6.92 Å². The maximum absolute atomic E-state index is 11.6. The van der Waals surface area contributed by atoms with Gasteiger partial charge in [-0.15, -0.1) is 0 Å². The lowest BCUT2D eigenvalue weighted by Gasteiger charge is -2.15. The molecule has 0 radical (unpaired) electrons. The third-order valence-corrected chi connectivity index (χ3v) is 3.29. The van der Waals surface area contributed by atoms with Crippen LogP contribution in [-0.4, -0.2) is 11.9 Å². The Bertz CT molecular complexity index is 712. The SMILES string of the molecule is CCc1cc(=O)oc2cc(C)cc(O[C@H](C)C(C)=O)c12. The van der Waals surface area contributed by atoms with E-state index in [-0.39, 0.29) is 11.4 Å². The van der Waals surface area contributed by atoms with E-state index in [4.69, 9.17) is 9.15 Å². The van der Waals surface area contributed by atoms with Gasteiger partial charge in [-0.05, 0) is 50.5 Å². The number of Topliss-reactive ketones (excluding diaryl/α,β-unsaturated/α-hetero) is 1. The van der Waals surface area contributed by atoms with Crippen LogP contribution >= 0.6 is 0 Å². The zero-order chi connectivity index (χ0) is 14.9. The average Bonchev–Trinajstić information content (AvgIpc) is 2.36. The Labute approximate surface area is 117 Å². The minimum Gasteiger partial charge on any atom is -0.482 e. The highest BCUT2D eigenvalue weighted by Crippen LogP contribution is 2.30. The average molecular weight is 274 g/mol. The van der Waals surface area contributed by atoms with E-state index in [1.807, 2.05) is 19.9 Å². The number of benzene rings is 1.